The van der Waals surface area contributed by atoms with Crippen LogP contribution >= 0.6 is 0 Å². The van der Waals surface area contributed by atoms with E-state index >= 15 is 0 Å². The molecule has 0 aromatic heterocycles. The number of rotatable bonds is 9. The van der Waals surface area contributed by atoms with E-state index in [4.69, 9.17) is 10.6 Å². The standard InChI is InChI=1S/C17H20N4O6S/c1-3-9-27-21(13-10-12(4-2)16(17(18)22)19-11-13)28(25,26)15-8-6-5-7-14(15)20(23)24/h3,5-8,10,13H,1,4,9,11H2,2H3,(H2,18,22). The molecule has 1 aromatic rings. The molecule has 11 heteroatoms. The summed E-state index contributed by atoms with van der Waals surface area (Å²) >= 11 is 0. The number of hydroxylamine groups is 1. The average Bonchev–Trinajstić information content (AvgIpc) is 2.67. The number of hydrogen-bond donors (Lipinski definition) is 1. The van der Waals surface area contributed by atoms with Crippen LogP contribution < -0.4 is 5.73 Å². The summed E-state index contributed by atoms with van der Waals surface area (Å²) in [6, 6.07) is 4.05. The summed E-state index contributed by atoms with van der Waals surface area (Å²) in [6.45, 7) is 4.97. The largest absolute Gasteiger partial charge is 0.364 e. The number of nitro groups is 1. The molecule has 0 radical (unpaired) electrons. The molecule has 0 aliphatic carbocycles. The van der Waals surface area contributed by atoms with Crippen LogP contribution in [0.15, 0.2) is 58.5 Å². The van der Waals surface area contributed by atoms with Gasteiger partial charge in [0.05, 0.1) is 24.1 Å². The lowest BCUT2D eigenvalue weighted by atomic mass is 10.0. The predicted molar refractivity (Wildman–Crippen MR) is 102 cm³/mol. The Morgan fingerprint density at radius 2 is 2.18 bits per heavy atom. The molecule has 1 amide bonds. The number of nitrogens with two attached hydrogens (primary N) is 1. The van der Waals surface area contributed by atoms with E-state index in [9.17, 15) is 23.3 Å². The van der Waals surface area contributed by atoms with Crippen molar-refractivity contribution >= 4 is 27.3 Å². The summed E-state index contributed by atoms with van der Waals surface area (Å²) in [5.74, 6) is -0.716. The van der Waals surface area contributed by atoms with Crippen molar-refractivity contribution in [2.75, 3.05) is 13.2 Å². The number of amides is 1. The summed E-state index contributed by atoms with van der Waals surface area (Å²) in [6.07, 6.45) is 3.24. The number of nitro benzene ring substituents is 1. The fourth-order valence-electron chi connectivity index (χ4n) is 2.69. The second-order valence-electron chi connectivity index (χ2n) is 5.74. The van der Waals surface area contributed by atoms with Crippen LogP contribution in [-0.2, 0) is 19.7 Å². The van der Waals surface area contributed by atoms with Gasteiger partial charge in [-0.05, 0) is 18.1 Å². The Balaban J connectivity index is 2.53. The van der Waals surface area contributed by atoms with Gasteiger partial charge in [-0.3, -0.25) is 24.7 Å². The molecule has 1 atom stereocenters. The predicted octanol–water partition coefficient (Wildman–Crippen LogP) is 1.35. The highest BCUT2D eigenvalue weighted by molar-refractivity contribution is 7.89. The van der Waals surface area contributed by atoms with E-state index in [1.54, 1.807) is 6.92 Å². The molecular weight excluding hydrogens is 388 g/mol. The number of sulfonamides is 1. The van der Waals surface area contributed by atoms with Crippen molar-refractivity contribution in [1.29, 1.82) is 0 Å². The monoisotopic (exact) mass is 408 g/mol. The van der Waals surface area contributed by atoms with Crippen LogP contribution in [0.25, 0.3) is 0 Å². The second-order valence-corrected chi connectivity index (χ2v) is 7.49. The quantitative estimate of drug-likeness (QED) is 0.371. The fourth-order valence-corrected chi connectivity index (χ4v) is 4.23. The van der Waals surface area contributed by atoms with Gasteiger partial charge in [-0.2, -0.15) is 0 Å². The van der Waals surface area contributed by atoms with Gasteiger partial charge in [0.25, 0.3) is 21.6 Å². The summed E-state index contributed by atoms with van der Waals surface area (Å²) in [5, 5.41) is 11.3. The molecule has 0 spiro atoms. The molecule has 2 rings (SSSR count). The highest BCUT2D eigenvalue weighted by Gasteiger charge is 2.38. The van der Waals surface area contributed by atoms with Crippen LogP contribution in [0, 0.1) is 10.1 Å². The van der Waals surface area contributed by atoms with Crippen LogP contribution in [0.4, 0.5) is 5.69 Å². The maximum Gasteiger partial charge on any atom is 0.289 e. The molecule has 0 bridgehead atoms. The van der Waals surface area contributed by atoms with E-state index in [2.05, 4.69) is 11.6 Å². The van der Waals surface area contributed by atoms with Gasteiger partial charge in [0.1, 0.15) is 5.71 Å². The summed E-state index contributed by atoms with van der Waals surface area (Å²) < 4.78 is 27.0. The molecule has 1 aromatic carbocycles. The third-order valence-electron chi connectivity index (χ3n) is 3.92. The zero-order valence-electron chi connectivity index (χ0n) is 15.1. The molecule has 0 saturated carbocycles. The number of carbonyl (C=O) groups excluding carboxylic acids is 1. The molecule has 1 aliphatic rings. The van der Waals surface area contributed by atoms with E-state index in [0.29, 0.717) is 16.5 Å². The number of nitrogens with zero attached hydrogens (tertiary/aromatic N) is 3. The van der Waals surface area contributed by atoms with Gasteiger partial charge in [0.2, 0.25) is 0 Å². The van der Waals surface area contributed by atoms with Crippen molar-refractivity contribution in [3.63, 3.8) is 0 Å². The van der Waals surface area contributed by atoms with E-state index < -0.39 is 37.5 Å². The zero-order valence-corrected chi connectivity index (χ0v) is 16.0. The first-order valence-electron chi connectivity index (χ1n) is 8.31. The molecule has 28 heavy (non-hydrogen) atoms. The highest BCUT2D eigenvalue weighted by atomic mass is 32.2. The zero-order chi connectivity index (χ0) is 20.9. The summed E-state index contributed by atoms with van der Waals surface area (Å²) in [5.41, 5.74) is 5.27. The Morgan fingerprint density at radius 1 is 1.50 bits per heavy atom. The van der Waals surface area contributed by atoms with Crippen molar-refractivity contribution in [2.45, 2.75) is 24.3 Å². The minimum atomic E-state index is -4.43. The number of benzene rings is 1. The highest BCUT2D eigenvalue weighted by Crippen LogP contribution is 2.29. The first-order valence-corrected chi connectivity index (χ1v) is 9.75. The third kappa shape index (κ3) is 4.32. The molecule has 150 valence electrons. The molecule has 2 N–H and O–H groups in total. The normalized spacial score (nSPS) is 17.0. The van der Waals surface area contributed by atoms with E-state index in [-0.39, 0.29) is 18.9 Å². The Labute approximate surface area is 162 Å². The van der Waals surface area contributed by atoms with E-state index in [1.165, 1.54) is 24.3 Å². The van der Waals surface area contributed by atoms with Crippen molar-refractivity contribution in [3.05, 3.63) is 58.7 Å². The van der Waals surface area contributed by atoms with Crippen LogP contribution in [-0.4, -0.2) is 48.6 Å². The van der Waals surface area contributed by atoms with Crippen molar-refractivity contribution < 1.29 is 23.0 Å². The van der Waals surface area contributed by atoms with Gasteiger partial charge in [-0.15, -0.1) is 6.58 Å². The van der Waals surface area contributed by atoms with E-state index in [1.807, 2.05) is 0 Å². The van der Waals surface area contributed by atoms with Gasteiger partial charge in [-0.25, -0.2) is 8.42 Å². The average molecular weight is 408 g/mol. The third-order valence-corrected chi connectivity index (χ3v) is 5.67. The first kappa shape index (κ1) is 21.4. The molecule has 1 unspecified atom stereocenters. The van der Waals surface area contributed by atoms with Crippen molar-refractivity contribution in [1.82, 2.24) is 4.47 Å². The SMILES string of the molecule is C=CCON(C1C=C(CC)C(C(N)=O)=NC1)S(=O)(=O)c1ccccc1[N+](=O)[O-]. The van der Waals surface area contributed by atoms with Crippen LogP contribution in [0.2, 0.25) is 0 Å². The van der Waals surface area contributed by atoms with Crippen molar-refractivity contribution in [3.8, 4) is 0 Å². The first-order chi connectivity index (χ1) is 13.2. The Bertz CT molecular complexity index is 954. The smallest absolute Gasteiger partial charge is 0.289 e. The number of carbonyl (C=O) groups is 1. The van der Waals surface area contributed by atoms with Gasteiger partial charge in [-0.1, -0.05) is 35.7 Å². The van der Waals surface area contributed by atoms with Crippen molar-refractivity contribution in [2.24, 2.45) is 10.7 Å². The lowest BCUT2D eigenvalue weighted by molar-refractivity contribution is -0.387. The second kappa shape index (κ2) is 8.87. The Hall–Kier alpha value is -2.89. The summed E-state index contributed by atoms with van der Waals surface area (Å²) in [7, 11) is -4.43. The van der Waals surface area contributed by atoms with Crippen LogP contribution in [0.3, 0.4) is 0 Å². The fraction of sp³-hybridized carbons (Fsp3) is 0.294. The minimum Gasteiger partial charge on any atom is -0.364 e. The maximum atomic E-state index is 13.2. The molecule has 1 aliphatic heterocycles. The number of dihydropyridines is 1. The van der Waals surface area contributed by atoms with Gasteiger partial charge >= 0.3 is 0 Å². The molecule has 1 heterocycles. The lowest BCUT2D eigenvalue weighted by Crippen LogP contribution is -2.44. The number of aliphatic imine (C=N–C) groups is 1. The van der Waals surface area contributed by atoms with Crippen LogP contribution in [0.5, 0.6) is 0 Å². The summed E-state index contributed by atoms with van der Waals surface area (Å²) in [4.78, 5) is 30.9. The lowest BCUT2D eigenvalue weighted by Gasteiger charge is -2.29. The molecule has 10 nitrogen and oxygen atoms in total. The number of primary amides is 1. The topological polar surface area (TPSA) is 145 Å². The molecule has 0 saturated heterocycles. The van der Waals surface area contributed by atoms with Gasteiger partial charge < -0.3 is 5.73 Å². The van der Waals surface area contributed by atoms with Gasteiger partial charge in [0, 0.05) is 6.07 Å². The number of hydrogen-bond acceptors (Lipinski definition) is 7. The minimum absolute atomic E-state index is 0.0745. The van der Waals surface area contributed by atoms with E-state index in [0.717, 1.165) is 12.1 Å². The van der Waals surface area contributed by atoms with Crippen LogP contribution in [0.1, 0.15) is 13.3 Å². The maximum absolute atomic E-state index is 13.2. The Kier molecular flexibility index (Phi) is 6.78. The molecular formula is C17H20N4O6S. The Morgan fingerprint density at radius 3 is 2.75 bits per heavy atom. The molecule has 0 fully saturated rings. The van der Waals surface area contributed by atoms with Gasteiger partial charge in [0.15, 0.2) is 4.90 Å². The number of para-hydroxylation sites is 1.